The monoisotopic (exact) mass is 403 g/mol. The summed E-state index contributed by atoms with van der Waals surface area (Å²) in [6.45, 7) is 3.13. The molecular formula is C21H29N3O3S. The van der Waals surface area contributed by atoms with Gasteiger partial charge in [-0.15, -0.1) is 0 Å². The van der Waals surface area contributed by atoms with Crippen LogP contribution in [0.5, 0.6) is 0 Å². The smallest absolute Gasteiger partial charge is 0.264 e. The number of benzene rings is 2. The van der Waals surface area contributed by atoms with Crippen LogP contribution in [0.3, 0.4) is 0 Å². The largest absolute Gasteiger partial charge is 0.354 e. The van der Waals surface area contributed by atoms with Crippen molar-refractivity contribution in [3.63, 3.8) is 0 Å². The van der Waals surface area contributed by atoms with Crippen molar-refractivity contribution < 1.29 is 13.2 Å². The van der Waals surface area contributed by atoms with Gasteiger partial charge in [0, 0.05) is 6.54 Å². The van der Waals surface area contributed by atoms with E-state index in [1.54, 1.807) is 30.3 Å². The van der Waals surface area contributed by atoms with Crippen molar-refractivity contribution >= 4 is 21.6 Å². The first kappa shape index (κ1) is 21.9. The Kier molecular flexibility index (Phi) is 8.02. The van der Waals surface area contributed by atoms with E-state index in [4.69, 9.17) is 0 Å². The molecule has 0 aliphatic rings. The second kappa shape index (κ2) is 10.2. The van der Waals surface area contributed by atoms with Crippen molar-refractivity contribution in [2.75, 3.05) is 38.0 Å². The zero-order valence-corrected chi connectivity index (χ0v) is 17.6. The maximum Gasteiger partial charge on any atom is 0.264 e. The van der Waals surface area contributed by atoms with Crippen LogP contribution in [0.15, 0.2) is 59.5 Å². The molecule has 0 unspecified atom stereocenters. The summed E-state index contributed by atoms with van der Waals surface area (Å²) in [4.78, 5) is 14.6. The Morgan fingerprint density at radius 3 is 2.21 bits per heavy atom. The van der Waals surface area contributed by atoms with E-state index in [-0.39, 0.29) is 17.3 Å². The lowest BCUT2D eigenvalue weighted by atomic mass is 10.1. The summed E-state index contributed by atoms with van der Waals surface area (Å²) >= 11 is 0. The van der Waals surface area contributed by atoms with E-state index < -0.39 is 10.0 Å². The molecule has 0 bridgehead atoms. The fraction of sp³-hybridized carbons (Fsp3) is 0.381. The van der Waals surface area contributed by atoms with Gasteiger partial charge in [-0.25, -0.2) is 8.42 Å². The third kappa shape index (κ3) is 6.07. The fourth-order valence-corrected chi connectivity index (χ4v) is 4.18. The molecule has 0 heterocycles. The number of rotatable bonds is 10. The standard InChI is InChI=1S/C21H29N3O3S/c1-4-18-11-13-19(14-12-18)24(17-21(25)22-15-8-16-23(2)3)28(26,27)20-9-6-5-7-10-20/h5-7,9-14H,4,8,15-17H2,1-3H3,(H,22,25). The van der Waals surface area contributed by atoms with Gasteiger partial charge in [-0.2, -0.15) is 0 Å². The number of nitrogens with zero attached hydrogens (tertiary/aromatic N) is 2. The van der Waals surface area contributed by atoms with E-state index in [0.29, 0.717) is 12.2 Å². The van der Waals surface area contributed by atoms with Crippen LogP contribution >= 0.6 is 0 Å². The third-order valence-electron chi connectivity index (χ3n) is 4.36. The van der Waals surface area contributed by atoms with Gasteiger partial charge in [0.2, 0.25) is 5.91 Å². The van der Waals surface area contributed by atoms with E-state index in [1.165, 1.54) is 16.4 Å². The SMILES string of the molecule is CCc1ccc(N(CC(=O)NCCCN(C)C)S(=O)(=O)c2ccccc2)cc1. The summed E-state index contributed by atoms with van der Waals surface area (Å²) < 4.78 is 27.5. The van der Waals surface area contributed by atoms with Crippen LogP contribution in [-0.2, 0) is 21.2 Å². The highest BCUT2D eigenvalue weighted by Crippen LogP contribution is 2.24. The lowest BCUT2D eigenvalue weighted by molar-refractivity contribution is -0.119. The second-order valence-electron chi connectivity index (χ2n) is 6.85. The molecular weight excluding hydrogens is 374 g/mol. The zero-order chi connectivity index (χ0) is 20.6. The molecule has 0 atom stereocenters. The minimum absolute atomic E-state index is 0.162. The van der Waals surface area contributed by atoms with E-state index >= 15 is 0 Å². The normalized spacial score (nSPS) is 11.4. The molecule has 0 saturated heterocycles. The molecule has 0 fully saturated rings. The van der Waals surface area contributed by atoms with Crippen molar-refractivity contribution in [2.24, 2.45) is 0 Å². The van der Waals surface area contributed by atoms with Gasteiger partial charge < -0.3 is 10.2 Å². The number of hydrogen-bond acceptors (Lipinski definition) is 4. The lowest BCUT2D eigenvalue weighted by Gasteiger charge is -2.24. The minimum Gasteiger partial charge on any atom is -0.354 e. The Morgan fingerprint density at radius 2 is 1.64 bits per heavy atom. The molecule has 6 nitrogen and oxygen atoms in total. The minimum atomic E-state index is -3.85. The van der Waals surface area contributed by atoms with E-state index in [1.807, 2.05) is 38.1 Å². The van der Waals surface area contributed by atoms with Crippen LogP contribution in [0.4, 0.5) is 5.69 Å². The first-order valence-corrected chi connectivity index (χ1v) is 10.9. The first-order valence-electron chi connectivity index (χ1n) is 9.42. The number of sulfonamides is 1. The molecule has 0 radical (unpaired) electrons. The number of aryl methyl sites for hydroxylation is 1. The fourth-order valence-electron chi connectivity index (χ4n) is 2.74. The Hall–Kier alpha value is -2.38. The molecule has 1 amide bonds. The van der Waals surface area contributed by atoms with E-state index in [9.17, 15) is 13.2 Å². The highest BCUT2D eigenvalue weighted by atomic mass is 32.2. The summed E-state index contributed by atoms with van der Waals surface area (Å²) in [5.74, 6) is -0.321. The number of amides is 1. The Labute approximate surface area is 168 Å². The van der Waals surface area contributed by atoms with Gasteiger partial charge >= 0.3 is 0 Å². The van der Waals surface area contributed by atoms with Gasteiger partial charge in [-0.1, -0.05) is 37.3 Å². The van der Waals surface area contributed by atoms with Crippen LogP contribution in [0, 0.1) is 0 Å². The third-order valence-corrected chi connectivity index (χ3v) is 6.14. The van der Waals surface area contributed by atoms with Crippen molar-refractivity contribution in [1.82, 2.24) is 10.2 Å². The molecule has 152 valence electrons. The maximum atomic E-state index is 13.2. The van der Waals surface area contributed by atoms with E-state index in [0.717, 1.165) is 24.9 Å². The Morgan fingerprint density at radius 1 is 1.00 bits per heavy atom. The molecule has 0 saturated carbocycles. The molecule has 2 aromatic rings. The van der Waals surface area contributed by atoms with Gasteiger partial charge in [0.15, 0.2) is 0 Å². The van der Waals surface area contributed by atoms with Crippen LogP contribution in [-0.4, -0.2) is 53.0 Å². The van der Waals surface area contributed by atoms with E-state index in [2.05, 4.69) is 5.32 Å². The highest BCUT2D eigenvalue weighted by molar-refractivity contribution is 7.92. The summed E-state index contributed by atoms with van der Waals surface area (Å²) in [6, 6.07) is 15.5. The lowest BCUT2D eigenvalue weighted by Crippen LogP contribution is -2.41. The average molecular weight is 404 g/mol. The van der Waals surface area contributed by atoms with Gasteiger partial charge in [0.25, 0.3) is 10.0 Å². The molecule has 0 aromatic heterocycles. The maximum absolute atomic E-state index is 13.2. The first-order chi connectivity index (χ1) is 13.3. The number of carbonyl (C=O) groups excluding carboxylic acids is 1. The van der Waals surface area contributed by atoms with Crippen LogP contribution < -0.4 is 9.62 Å². The molecule has 0 aliphatic heterocycles. The zero-order valence-electron chi connectivity index (χ0n) is 16.8. The van der Waals surface area contributed by atoms with Crippen LogP contribution in [0.1, 0.15) is 18.9 Å². The van der Waals surface area contributed by atoms with Gasteiger partial charge in [-0.05, 0) is 63.3 Å². The summed E-state index contributed by atoms with van der Waals surface area (Å²) in [5.41, 5.74) is 1.58. The molecule has 0 spiro atoms. The van der Waals surface area contributed by atoms with Gasteiger partial charge in [-0.3, -0.25) is 9.10 Å². The Balaban J connectivity index is 2.22. The predicted molar refractivity (Wildman–Crippen MR) is 113 cm³/mol. The molecule has 2 aromatic carbocycles. The van der Waals surface area contributed by atoms with Crippen molar-refractivity contribution in [2.45, 2.75) is 24.7 Å². The summed E-state index contributed by atoms with van der Waals surface area (Å²) in [6.07, 6.45) is 1.66. The predicted octanol–water partition coefficient (Wildman–Crippen LogP) is 2.51. The topological polar surface area (TPSA) is 69.7 Å². The van der Waals surface area contributed by atoms with Crippen molar-refractivity contribution in [1.29, 1.82) is 0 Å². The van der Waals surface area contributed by atoms with Gasteiger partial charge in [0.05, 0.1) is 10.6 Å². The summed E-state index contributed by atoms with van der Waals surface area (Å²) in [7, 11) is 0.0879. The summed E-state index contributed by atoms with van der Waals surface area (Å²) in [5, 5.41) is 2.81. The molecule has 28 heavy (non-hydrogen) atoms. The Bertz CT molecular complexity index is 850. The quantitative estimate of drug-likeness (QED) is 0.619. The second-order valence-corrected chi connectivity index (χ2v) is 8.71. The van der Waals surface area contributed by atoms with Crippen LogP contribution in [0.25, 0.3) is 0 Å². The van der Waals surface area contributed by atoms with Crippen molar-refractivity contribution in [3.05, 3.63) is 60.2 Å². The molecule has 7 heteroatoms. The molecule has 1 N–H and O–H groups in total. The van der Waals surface area contributed by atoms with Crippen molar-refractivity contribution in [3.8, 4) is 0 Å². The molecule has 0 aliphatic carbocycles. The highest BCUT2D eigenvalue weighted by Gasteiger charge is 2.26. The number of anilines is 1. The average Bonchev–Trinajstić information content (AvgIpc) is 2.70. The van der Waals surface area contributed by atoms with Crippen LogP contribution in [0.2, 0.25) is 0 Å². The molecule has 2 rings (SSSR count). The number of hydrogen-bond donors (Lipinski definition) is 1. The number of nitrogens with one attached hydrogen (secondary N) is 1. The van der Waals surface area contributed by atoms with Gasteiger partial charge in [0.1, 0.15) is 6.54 Å². The number of carbonyl (C=O) groups is 1.